The van der Waals surface area contributed by atoms with Gasteiger partial charge in [0.2, 0.25) is 0 Å². The minimum atomic E-state index is -3.36. The van der Waals surface area contributed by atoms with E-state index in [2.05, 4.69) is 63.7 Å². The van der Waals surface area contributed by atoms with Gasteiger partial charge in [0.05, 0.1) is 50.9 Å². The van der Waals surface area contributed by atoms with Crippen molar-refractivity contribution in [2.24, 2.45) is 14.1 Å². The molecular formula is C104H124B3Br4F4N2NaO22S6. The first-order valence-corrected chi connectivity index (χ1v) is 59.3. The largest absolute Gasteiger partial charge is 1.00 e. The average molecular weight is 2400 g/mol. The normalized spacial score (nSPS) is 16.3. The van der Waals surface area contributed by atoms with Gasteiger partial charge >= 0.3 is 50.7 Å². The first-order valence-electron chi connectivity index (χ1n) is 45.5. The van der Waals surface area contributed by atoms with E-state index in [-0.39, 0.29) is 137 Å². The van der Waals surface area contributed by atoms with Gasteiger partial charge in [0.15, 0.2) is 52.6 Å². The predicted molar refractivity (Wildman–Crippen MR) is 584 cm³/mol. The minimum absolute atomic E-state index is 0. The number of carbonyl (C=O) groups is 4. The zero-order chi connectivity index (χ0) is 110. The molecule has 13 rings (SSSR count). The molecule has 0 aliphatic carbocycles. The van der Waals surface area contributed by atoms with Gasteiger partial charge in [-0.05, 0) is 330 Å². The van der Waals surface area contributed by atoms with E-state index in [0.717, 1.165) is 50.4 Å². The predicted octanol–water partition coefficient (Wildman–Crippen LogP) is 17.1. The SMILES string of the molecule is CC1(C)OB(B2OC(C)(C)C(C)(C)O2)OC1(C)C.CC1(C)OB(c2cc(CS(C)(=O)=O)ccc2C(=O)c2ccc(F)cc2)OC1(C)C.CS(=O)(=O)Cc1ccc(C(=O)c2ccc(F)cc2)c(Br)c1.CS(=O)[O-].C[C@H](C[S@@](=O)C(C)(C)C)c1cc(=O)n(C)cc1-c1cc(CS(C)(=O)=O)ccc1C(=O)c1ccc(F)cc1.C[C@H](C[S@@](=O)C(C)(C)C)c1cc(=O)n(C)cc1Br.O=C(c1ccc(F)cc1)c1ccc(CBr)cc1Br.[Na+]. The van der Waals surface area contributed by atoms with E-state index in [1.54, 1.807) is 93.2 Å². The molecule has 3 aliphatic heterocycles. The van der Waals surface area contributed by atoms with E-state index >= 15 is 0 Å². The fourth-order valence-electron chi connectivity index (χ4n) is 14.2. The zero-order valence-electron chi connectivity index (χ0n) is 87.0. The second kappa shape index (κ2) is 52.2. The van der Waals surface area contributed by atoms with Crippen LogP contribution in [-0.2, 0) is 127 Å². The van der Waals surface area contributed by atoms with Gasteiger partial charge < -0.3 is 41.6 Å². The third kappa shape index (κ3) is 36.7. The van der Waals surface area contributed by atoms with Crippen molar-refractivity contribution in [1.29, 1.82) is 0 Å². The molecule has 5 heterocycles. The molecule has 8 aromatic carbocycles. The van der Waals surface area contributed by atoms with Crippen LogP contribution in [0, 0.1) is 23.3 Å². The summed E-state index contributed by atoms with van der Waals surface area (Å²) in [5, 5.41) is 0.733. The van der Waals surface area contributed by atoms with Crippen LogP contribution >= 0.6 is 63.7 Å². The molecule has 24 nitrogen and oxygen atoms in total. The summed E-state index contributed by atoms with van der Waals surface area (Å²) in [6.07, 6.45) is 7.90. The monoisotopic (exact) mass is 2390 g/mol. The van der Waals surface area contributed by atoms with Crippen molar-refractivity contribution >= 4 is 176 Å². The fraction of sp³-hybridized carbons (Fsp3) is 0.404. The summed E-state index contributed by atoms with van der Waals surface area (Å²) in [6, 6.07) is 44.3. The van der Waals surface area contributed by atoms with Gasteiger partial charge in [0.25, 0.3) is 11.1 Å². The molecule has 0 saturated carbocycles. The number of ketones is 4. The molecule has 0 spiro atoms. The van der Waals surface area contributed by atoms with Gasteiger partial charge in [-0.2, -0.15) is 0 Å². The number of aryl methyl sites for hydroxylation is 2. The van der Waals surface area contributed by atoms with Gasteiger partial charge in [-0.3, -0.25) is 41.4 Å². The number of carbonyl (C=O) groups excluding carboxylic acids is 4. The Balaban J connectivity index is 0.000000271. The smallest absolute Gasteiger partial charge is 0.773 e. The summed E-state index contributed by atoms with van der Waals surface area (Å²) in [6.45, 7) is 39.2. The third-order valence-electron chi connectivity index (χ3n) is 24.4. The van der Waals surface area contributed by atoms with Crippen LogP contribution in [0.5, 0.6) is 0 Å². The Bertz CT molecular complexity index is 6870. The van der Waals surface area contributed by atoms with Crippen LogP contribution in [0.25, 0.3) is 11.1 Å². The van der Waals surface area contributed by atoms with E-state index in [1.165, 1.54) is 112 Å². The Hall–Kier alpha value is -6.81. The molecule has 146 heavy (non-hydrogen) atoms. The number of hydrogen-bond donors (Lipinski definition) is 0. The van der Waals surface area contributed by atoms with Crippen molar-refractivity contribution in [3.05, 3.63) is 330 Å². The molecule has 1 unspecified atom stereocenters. The Morgan fingerprint density at radius 2 is 0.664 bits per heavy atom. The van der Waals surface area contributed by atoms with Crippen LogP contribution in [0.15, 0.2) is 217 Å². The molecule has 3 saturated heterocycles. The molecule has 784 valence electrons. The number of sulfone groups is 3. The zero-order valence-corrected chi connectivity index (χ0v) is 100. The van der Waals surface area contributed by atoms with E-state index in [0.29, 0.717) is 88.2 Å². The van der Waals surface area contributed by atoms with Crippen LogP contribution in [0.2, 0.25) is 0 Å². The molecule has 10 aromatic rings. The topological polar surface area (TPSA) is 344 Å². The quantitative estimate of drug-likeness (QED) is 0.0178. The van der Waals surface area contributed by atoms with E-state index < -0.39 is 117 Å². The van der Waals surface area contributed by atoms with E-state index in [4.69, 9.17) is 36.7 Å². The summed E-state index contributed by atoms with van der Waals surface area (Å²) in [4.78, 5) is 75.4. The van der Waals surface area contributed by atoms with Crippen molar-refractivity contribution < 1.29 is 137 Å². The number of alkyl halides is 1. The van der Waals surface area contributed by atoms with Crippen molar-refractivity contribution in [3.63, 3.8) is 0 Å². The van der Waals surface area contributed by atoms with Crippen LogP contribution < -0.4 is 46.1 Å². The number of benzene rings is 8. The van der Waals surface area contributed by atoms with Gasteiger partial charge in [0.1, 0.15) is 23.3 Å². The summed E-state index contributed by atoms with van der Waals surface area (Å²) in [5.74, 6) is -2.54. The Labute approximate surface area is 919 Å². The Morgan fingerprint density at radius 1 is 0.397 bits per heavy atom. The molecule has 3 aliphatic rings. The number of aromatic nitrogens is 2. The molecule has 5 atom stereocenters. The first-order chi connectivity index (χ1) is 66.5. The maximum absolute atomic E-state index is 13.5. The van der Waals surface area contributed by atoms with Gasteiger partial charge in [-0.25, -0.2) is 42.8 Å². The van der Waals surface area contributed by atoms with Gasteiger partial charge in [-0.15, -0.1) is 0 Å². The number of nitrogens with zero attached hydrogens (tertiary/aromatic N) is 2. The fourth-order valence-corrected chi connectivity index (χ4v) is 21.2. The minimum Gasteiger partial charge on any atom is -0.773 e. The number of pyridine rings is 2. The molecule has 42 heteroatoms. The Morgan fingerprint density at radius 3 is 0.986 bits per heavy atom. The standard InChI is InChI=1S/C28H32FNO5S2.C21H24BFO5S.C15H12BrFO3S.C14H9Br2FO.C13H20BrNO2S.C12H24B2O4.CH4O2S.Na/c1-18(16-36(33)28(2,3)4)23-14-26(31)30(5)15-25(23)24-13-19(17-37(6,34)35)7-12-22(24)27(32)20-8-10-21(29)11-9-20;1-20(2)21(3,4)28-22(27-20)18-12-14(13-29(5,25)26)6-11-17(18)19(24)15-7-9-16(23)10-8-15;1-21(19,20)9-10-2-7-13(14(16)8-10)15(18)11-3-5-12(17)6-4-11;15-8-9-1-6-12(13(16)7-9)14(18)10-2-4-11(17)5-3-10;1-9(8-18(17)13(2,3)4)10-6-12(16)15(5)7-11(10)14;1-9(2)10(3,4)16-13(15-9)14-17-11(5,6)12(7,8)18-14;1-4(2)3;/h7-15,18H,16-17H2,1-6H3;6-12H,13H2,1-5H3;2-8H,9H2,1H3;1-7H,8H2;6-7,9H,8H2,1-5H3;1-8H3;1H3,(H,2,3);/q;;;;;;;+1/p-1/t18-,36-;;;;9-,18-;;;/m1...1.../s1. The van der Waals surface area contributed by atoms with Crippen molar-refractivity contribution in [3.8, 4) is 11.1 Å². The number of hydrogen-bond acceptors (Lipinski definition) is 22. The maximum Gasteiger partial charge on any atom is 1.00 e. The van der Waals surface area contributed by atoms with Crippen LogP contribution in [0.1, 0.15) is 247 Å². The number of rotatable bonds is 24. The number of halogens is 8. The molecule has 2 aromatic heterocycles. The van der Waals surface area contributed by atoms with Crippen LogP contribution in [0.3, 0.4) is 0 Å². The average Bonchev–Trinajstić information content (AvgIpc) is 0.998. The van der Waals surface area contributed by atoms with Gasteiger partial charge in [-0.1, -0.05) is 115 Å². The van der Waals surface area contributed by atoms with E-state index in [1.807, 2.05) is 151 Å². The van der Waals surface area contributed by atoms with Crippen LogP contribution in [-0.4, -0.2) is 175 Å². The summed E-state index contributed by atoms with van der Waals surface area (Å²) >= 11 is 11.6. The van der Waals surface area contributed by atoms with Crippen molar-refractivity contribution in [2.45, 2.75) is 216 Å². The van der Waals surface area contributed by atoms with Crippen molar-refractivity contribution in [1.82, 2.24) is 9.13 Å². The molecule has 0 N–H and O–H groups in total. The second-order valence-corrected chi connectivity index (χ2v) is 55.4. The molecule has 0 bridgehead atoms. The summed E-state index contributed by atoms with van der Waals surface area (Å²) < 4.78 is 206. The first kappa shape index (κ1) is 128. The van der Waals surface area contributed by atoms with Crippen molar-refractivity contribution in [2.75, 3.05) is 36.5 Å². The van der Waals surface area contributed by atoms with E-state index in [9.17, 15) is 80.0 Å². The van der Waals surface area contributed by atoms with Gasteiger partial charge in [0, 0.05) is 169 Å². The molecular weight excluding hydrogens is 2270 g/mol. The molecule has 0 radical (unpaired) electrons. The maximum atomic E-state index is 13.5. The second-order valence-electron chi connectivity index (χ2n) is 40.5. The molecule has 0 amide bonds. The Kier molecular flexibility index (Phi) is 45.7. The third-order valence-corrected chi connectivity index (χ3v) is 33.9. The summed E-state index contributed by atoms with van der Waals surface area (Å²) in [5.41, 5.74) is 5.76. The van der Waals surface area contributed by atoms with Crippen LogP contribution in [0.4, 0.5) is 17.6 Å². The summed E-state index contributed by atoms with van der Waals surface area (Å²) in [7, 11) is -10.3. The molecule has 3 fully saturated rings.